The molecular weight excluding hydrogens is 347 g/mol. The molecule has 0 aliphatic heterocycles. The molecule has 0 bridgehead atoms. The standard InChI is InChI=1S/C18H18ClFN2O3/c1-18(2,24)17(23)22-21-10-13-9-14(19)7-8-16(13)25-11-12-5-3-4-6-15(12)20/h3-10,24H,11H2,1-2H3,(H,22,23). The average molecular weight is 365 g/mol. The van der Waals surface area contributed by atoms with Gasteiger partial charge in [0.2, 0.25) is 0 Å². The Morgan fingerprint density at radius 2 is 2.08 bits per heavy atom. The number of carbonyl (C=O) groups excluding carboxylic acids is 1. The first-order chi connectivity index (χ1) is 11.8. The van der Waals surface area contributed by atoms with Gasteiger partial charge in [0, 0.05) is 16.1 Å². The van der Waals surface area contributed by atoms with Gasteiger partial charge in [-0.05, 0) is 38.1 Å². The second kappa shape index (κ2) is 8.09. The number of aliphatic hydroxyl groups is 1. The third kappa shape index (κ3) is 5.55. The number of carbonyl (C=O) groups is 1. The zero-order valence-electron chi connectivity index (χ0n) is 13.8. The van der Waals surface area contributed by atoms with Crippen molar-refractivity contribution in [3.05, 3.63) is 64.4 Å². The normalized spacial score (nSPS) is 11.6. The van der Waals surface area contributed by atoms with E-state index in [0.29, 0.717) is 21.9 Å². The minimum absolute atomic E-state index is 0.0329. The molecule has 0 unspecified atom stereocenters. The topological polar surface area (TPSA) is 70.9 Å². The molecule has 0 aromatic heterocycles. The molecule has 2 aromatic carbocycles. The van der Waals surface area contributed by atoms with Crippen LogP contribution in [0, 0.1) is 5.82 Å². The van der Waals surface area contributed by atoms with Gasteiger partial charge < -0.3 is 9.84 Å². The molecule has 0 saturated heterocycles. The number of halogens is 2. The number of benzene rings is 2. The molecule has 2 aromatic rings. The summed E-state index contributed by atoms with van der Waals surface area (Å²) in [4.78, 5) is 11.6. The molecule has 5 nitrogen and oxygen atoms in total. The van der Waals surface area contributed by atoms with Crippen LogP contribution in [0.1, 0.15) is 25.0 Å². The summed E-state index contributed by atoms with van der Waals surface area (Å²) in [6.07, 6.45) is 1.34. The summed E-state index contributed by atoms with van der Waals surface area (Å²) in [7, 11) is 0. The first-order valence-corrected chi connectivity index (χ1v) is 7.87. The lowest BCUT2D eigenvalue weighted by Crippen LogP contribution is -2.39. The lowest BCUT2D eigenvalue weighted by atomic mass is 10.1. The van der Waals surface area contributed by atoms with E-state index in [1.165, 1.54) is 26.1 Å². The zero-order chi connectivity index (χ0) is 18.4. The first kappa shape index (κ1) is 18.9. The molecule has 0 saturated carbocycles. The van der Waals surface area contributed by atoms with E-state index in [4.69, 9.17) is 16.3 Å². The Morgan fingerprint density at radius 3 is 2.76 bits per heavy atom. The SMILES string of the molecule is CC(C)(O)C(=O)NN=Cc1cc(Cl)ccc1OCc1ccccc1F. The quantitative estimate of drug-likeness (QED) is 0.610. The highest BCUT2D eigenvalue weighted by molar-refractivity contribution is 6.30. The van der Waals surface area contributed by atoms with Crippen LogP contribution in [0.5, 0.6) is 5.75 Å². The Morgan fingerprint density at radius 1 is 1.36 bits per heavy atom. The van der Waals surface area contributed by atoms with Gasteiger partial charge in [-0.3, -0.25) is 4.79 Å². The van der Waals surface area contributed by atoms with Gasteiger partial charge in [0.25, 0.3) is 5.91 Å². The molecule has 25 heavy (non-hydrogen) atoms. The Kier molecular flexibility index (Phi) is 6.12. The van der Waals surface area contributed by atoms with Crippen molar-refractivity contribution < 1.29 is 19.0 Å². The van der Waals surface area contributed by atoms with Crippen LogP contribution in [0.2, 0.25) is 5.02 Å². The Bertz CT molecular complexity index is 788. The van der Waals surface area contributed by atoms with Crippen LogP contribution in [-0.2, 0) is 11.4 Å². The van der Waals surface area contributed by atoms with Gasteiger partial charge in [0.15, 0.2) is 0 Å². The van der Waals surface area contributed by atoms with E-state index in [0.717, 1.165) is 0 Å². The van der Waals surface area contributed by atoms with Gasteiger partial charge in [-0.25, -0.2) is 9.82 Å². The predicted octanol–water partition coefficient (Wildman–Crippen LogP) is 3.28. The van der Waals surface area contributed by atoms with Crippen molar-refractivity contribution in [2.24, 2.45) is 5.10 Å². The molecular formula is C18H18ClFN2O3. The van der Waals surface area contributed by atoms with E-state index in [1.54, 1.807) is 36.4 Å². The number of hydrazone groups is 1. The van der Waals surface area contributed by atoms with Gasteiger partial charge in [-0.15, -0.1) is 0 Å². The number of amides is 1. The molecule has 0 heterocycles. The van der Waals surface area contributed by atoms with Crippen LogP contribution >= 0.6 is 11.6 Å². The highest BCUT2D eigenvalue weighted by Crippen LogP contribution is 2.23. The highest BCUT2D eigenvalue weighted by Gasteiger charge is 2.23. The second-order valence-corrected chi connectivity index (χ2v) is 6.26. The van der Waals surface area contributed by atoms with Crippen LogP contribution in [0.25, 0.3) is 0 Å². The first-order valence-electron chi connectivity index (χ1n) is 7.49. The van der Waals surface area contributed by atoms with E-state index in [2.05, 4.69) is 10.5 Å². The number of ether oxygens (including phenoxy) is 1. The average Bonchev–Trinajstić information content (AvgIpc) is 2.54. The second-order valence-electron chi connectivity index (χ2n) is 5.82. The molecule has 0 aliphatic carbocycles. The van der Waals surface area contributed by atoms with Gasteiger partial charge in [-0.1, -0.05) is 29.8 Å². The van der Waals surface area contributed by atoms with Crippen LogP contribution < -0.4 is 10.2 Å². The minimum atomic E-state index is -1.55. The van der Waals surface area contributed by atoms with Crippen molar-refractivity contribution in [3.63, 3.8) is 0 Å². The van der Waals surface area contributed by atoms with Crippen LogP contribution in [-0.4, -0.2) is 22.8 Å². The van der Waals surface area contributed by atoms with Gasteiger partial charge >= 0.3 is 0 Å². The Balaban J connectivity index is 2.12. The van der Waals surface area contributed by atoms with Crippen molar-refractivity contribution in [1.82, 2.24) is 5.43 Å². The lowest BCUT2D eigenvalue weighted by Gasteiger charge is -2.14. The number of hydrogen-bond donors (Lipinski definition) is 2. The summed E-state index contributed by atoms with van der Waals surface area (Å²) in [5, 5.41) is 13.8. The monoisotopic (exact) mass is 364 g/mol. The van der Waals surface area contributed by atoms with E-state index in [1.807, 2.05) is 0 Å². The molecule has 0 radical (unpaired) electrons. The summed E-state index contributed by atoms with van der Waals surface area (Å²) in [6, 6.07) is 11.2. The summed E-state index contributed by atoms with van der Waals surface area (Å²) >= 11 is 5.97. The van der Waals surface area contributed by atoms with Crippen LogP contribution in [0.15, 0.2) is 47.6 Å². The van der Waals surface area contributed by atoms with Crippen LogP contribution in [0.4, 0.5) is 4.39 Å². The van der Waals surface area contributed by atoms with Gasteiger partial charge in [0.05, 0.1) is 6.21 Å². The fraction of sp³-hybridized carbons (Fsp3) is 0.222. The third-order valence-electron chi connectivity index (χ3n) is 3.24. The molecule has 0 fully saturated rings. The number of hydrogen-bond acceptors (Lipinski definition) is 4. The fourth-order valence-corrected chi connectivity index (χ4v) is 2.00. The maximum atomic E-state index is 13.7. The minimum Gasteiger partial charge on any atom is -0.488 e. The molecule has 1 amide bonds. The summed E-state index contributed by atoms with van der Waals surface area (Å²) in [5.41, 5.74) is 1.59. The van der Waals surface area contributed by atoms with Crippen molar-refractivity contribution >= 4 is 23.7 Å². The van der Waals surface area contributed by atoms with Gasteiger partial charge in [0.1, 0.15) is 23.8 Å². The molecule has 2 N–H and O–H groups in total. The van der Waals surface area contributed by atoms with E-state index >= 15 is 0 Å². The Hall–Kier alpha value is -2.44. The van der Waals surface area contributed by atoms with E-state index in [-0.39, 0.29) is 12.4 Å². The summed E-state index contributed by atoms with van der Waals surface area (Å²) in [6.45, 7) is 2.73. The fourth-order valence-electron chi connectivity index (χ4n) is 1.82. The molecule has 0 atom stereocenters. The van der Waals surface area contributed by atoms with Crippen molar-refractivity contribution in [1.29, 1.82) is 0 Å². The highest BCUT2D eigenvalue weighted by atomic mass is 35.5. The summed E-state index contributed by atoms with van der Waals surface area (Å²) < 4.78 is 19.3. The molecule has 132 valence electrons. The lowest BCUT2D eigenvalue weighted by molar-refractivity contribution is -0.136. The molecule has 0 spiro atoms. The maximum absolute atomic E-state index is 13.7. The number of rotatable bonds is 6. The van der Waals surface area contributed by atoms with Crippen LogP contribution in [0.3, 0.4) is 0 Å². The maximum Gasteiger partial charge on any atom is 0.271 e. The number of nitrogens with one attached hydrogen (secondary N) is 1. The van der Waals surface area contributed by atoms with Gasteiger partial charge in [-0.2, -0.15) is 5.10 Å². The van der Waals surface area contributed by atoms with Crippen molar-refractivity contribution in [3.8, 4) is 5.75 Å². The third-order valence-corrected chi connectivity index (χ3v) is 3.47. The Labute approximate surface area is 150 Å². The predicted molar refractivity (Wildman–Crippen MR) is 94.2 cm³/mol. The van der Waals surface area contributed by atoms with Crippen molar-refractivity contribution in [2.45, 2.75) is 26.1 Å². The van der Waals surface area contributed by atoms with Crippen molar-refractivity contribution in [2.75, 3.05) is 0 Å². The van der Waals surface area contributed by atoms with E-state index in [9.17, 15) is 14.3 Å². The number of nitrogens with zero attached hydrogens (tertiary/aromatic N) is 1. The molecule has 0 aliphatic rings. The van der Waals surface area contributed by atoms with E-state index < -0.39 is 11.5 Å². The zero-order valence-corrected chi connectivity index (χ0v) is 14.5. The summed E-state index contributed by atoms with van der Waals surface area (Å²) in [5.74, 6) is -0.586. The molecule has 2 rings (SSSR count). The smallest absolute Gasteiger partial charge is 0.271 e. The largest absolute Gasteiger partial charge is 0.488 e. The molecule has 7 heteroatoms.